The molecule has 4 rings (SSSR count). The van der Waals surface area contributed by atoms with E-state index >= 15 is 0 Å². The standard InChI is InChI=1S/C19H14N2O5/c22-18(8-6-12-5-7-15-16(9-12)26-11-25-15)24-10-17-20-14-4-2-1-3-13(14)19(23)21-17/h1-9H,10-11H2,(H,20,21,23)/b8-6+. The zero-order valence-electron chi connectivity index (χ0n) is 13.6. The number of para-hydroxylation sites is 1. The van der Waals surface area contributed by atoms with Crippen LogP contribution in [0.25, 0.3) is 17.0 Å². The highest BCUT2D eigenvalue weighted by molar-refractivity contribution is 5.87. The number of nitrogens with zero attached hydrogens (tertiary/aromatic N) is 1. The summed E-state index contributed by atoms with van der Waals surface area (Å²) < 4.78 is 15.6. The number of aromatic amines is 1. The number of carbonyl (C=O) groups is 1. The minimum Gasteiger partial charge on any atom is -0.454 e. The number of hydrogen-bond acceptors (Lipinski definition) is 6. The summed E-state index contributed by atoms with van der Waals surface area (Å²) >= 11 is 0. The number of esters is 1. The van der Waals surface area contributed by atoms with Crippen molar-refractivity contribution in [2.45, 2.75) is 6.61 Å². The van der Waals surface area contributed by atoms with E-state index < -0.39 is 5.97 Å². The fraction of sp³-hybridized carbons (Fsp3) is 0.105. The Morgan fingerprint density at radius 1 is 1.19 bits per heavy atom. The first-order valence-corrected chi connectivity index (χ1v) is 7.91. The van der Waals surface area contributed by atoms with Gasteiger partial charge in [-0.2, -0.15) is 0 Å². The maximum Gasteiger partial charge on any atom is 0.331 e. The van der Waals surface area contributed by atoms with E-state index in [1.165, 1.54) is 6.08 Å². The molecule has 0 radical (unpaired) electrons. The molecule has 0 fully saturated rings. The molecule has 0 aliphatic carbocycles. The van der Waals surface area contributed by atoms with Crippen LogP contribution in [0.2, 0.25) is 0 Å². The number of fused-ring (bicyclic) bond motifs is 2. The highest BCUT2D eigenvalue weighted by atomic mass is 16.7. The van der Waals surface area contributed by atoms with Crippen molar-refractivity contribution in [3.05, 3.63) is 70.3 Å². The normalized spacial score (nSPS) is 12.6. The largest absolute Gasteiger partial charge is 0.454 e. The molecule has 0 bridgehead atoms. The molecule has 0 saturated heterocycles. The van der Waals surface area contributed by atoms with Crippen LogP contribution in [-0.4, -0.2) is 22.7 Å². The highest BCUT2D eigenvalue weighted by Gasteiger charge is 2.12. The first-order chi connectivity index (χ1) is 12.7. The number of H-pyrrole nitrogens is 1. The lowest BCUT2D eigenvalue weighted by atomic mass is 10.2. The smallest absolute Gasteiger partial charge is 0.331 e. The summed E-state index contributed by atoms with van der Waals surface area (Å²) in [6.07, 6.45) is 2.91. The number of rotatable bonds is 4. The zero-order valence-corrected chi connectivity index (χ0v) is 13.6. The Morgan fingerprint density at radius 3 is 2.96 bits per heavy atom. The molecular formula is C19H14N2O5. The second kappa shape index (κ2) is 6.72. The molecular weight excluding hydrogens is 336 g/mol. The Balaban J connectivity index is 1.42. The van der Waals surface area contributed by atoms with Gasteiger partial charge in [-0.25, -0.2) is 9.78 Å². The third kappa shape index (κ3) is 3.27. The number of aromatic nitrogens is 2. The predicted molar refractivity (Wildman–Crippen MR) is 93.8 cm³/mol. The first-order valence-electron chi connectivity index (χ1n) is 7.91. The van der Waals surface area contributed by atoms with E-state index in [9.17, 15) is 9.59 Å². The van der Waals surface area contributed by atoms with Gasteiger partial charge in [0.1, 0.15) is 12.4 Å². The molecule has 0 saturated carbocycles. The summed E-state index contributed by atoms with van der Waals surface area (Å²) in [5, 5.41) is 0.491. The maximum absolute atomic E-state index is 12.0. The van der Waals surface area contributed by atoms with E-state index in [4.69, 9.17) is 14.2 Å². The predicted octanol–water partition coefficient (Wildman–Crippen LogP) is 2.41. The van der Waals surface area contributed by atoms with E-state index in [0.29, 0.717) is 28.2 Å². The SMILES string of the molecule is O=C(/C=C/c1ccc2c(c1)OCO2)OCc1nc2ccccc2c(=O)[nH]1. The molecule has 1 N–H and O–H groups in total. The first kappa shape index (κ1) is 15.9. The van der Waals surface area contributed by atoms with Crippen molar-refractivity contribution < 1.29 is 19.0 Å². The Kier molecular flexibility index (Phi) is 4.10. The molecule has 0 atom stereocenters. The molecule has 26 heavy (non-hydrogen) atoms. The van der Waals surface area contributed by atoms with Crippen LogP contribution in [-0.2, 0) is 16.1 Å². The minimum atomic E-state index is -0.543. The van der Waals surface area contributed by atoms with Crippen molar-refractivity contribution in [2.24, 2.45) is 0 Å². The summed E-state index contributed by atoms with van der Waals surface area (Å²) in [6.45, 7) is 0.0753. The molecule has 0 spiro atoms. The third-order valence-electron chi connectivity index (χ3n) is 3.82. The Hall–Kier alpha value is -3.61. The number of benzene rings is 2. The molecule has 7 nitrogen and oxygen atoms in total. The maximum atomic E-state index is 12.0. The zero-order chi connectivity index (χ0) is 17.9. The van der Waals surface area contributed by atoms with Gasteiger partial charge in [-0.1, -0.05) is 18.2 Å². The van der Waals surface area contributed by atoms with Gasteiger partial charge in [0.15, 0.2) is 11.5 Å². The summed E-state index contributed by atoms with van der Waals surface area (Å²) in [7, 11) is 0. The molecule has 1 aromatic heterocycles. The van der Waals surface area contributed by atoms with Crippen LogP contribution in [0, 0.1) is 0 Å². The number of nitrogens with one attached hydrogen (secondary N) is 1. The van der Waals surface area contributed by atoms with E-state index in [1.54, 1.807) is 48.5 Å². The third-order valence-corrected chi connectivity index (χ3v) is 3.82. The van der Waals surface area contributed by atoms with Gasteiger partial charge in [-0.05, 0) is 35.9 Å². The summed E-state index contributed by atoms with van der Waals surface area (Å²) in [5.41, 5.74) is 1.07. The summed E-state index contributed by atoms with van der Waals surface area (Å²) in [6, 6.07) is 12.3. The van der Waals surface area contributed by atoms with Gasteiger partial charge in [0.05, 0.1) is 10.9 Å². The monoisotopic (exact) mass is 350 g/mol. The van der Waals surface area contributed by atoms with E-state index in [2.05, 4.69) is 9.97 Å². The van der Waals surface area contributed by atoms with Crippen LogP contribution in [0.5, 0.6) is 11.5 Å². The van der Waals surface area contributed by atoms with Gasteiger partial charge in [-0.15, -0.1) is 0 Å². The quantitative estimate of drug-likeness (QED) is 0.574. The fourth-order valence-corrected chi connectivity index (χ4v) is 2.57. The van der Waals surface area contributed by atoms with Crippen LogP contribution < -0.4 is 15.0 Å². The van der Waals surface area contributed by atoms with Gasteiger partial charge in [0.2, 0.25) is 6.79 Å². The van der Waals surface area contributed by atoms with Crippen molar-refractivity contribution in [3.8, 4) is 11.5 Å². The molecule has 0 amide bonds. The van der Waals surface area contributed by atoms with Crippen LogP contribution >= 0.6 is 0 Å². The molecule has 0 unspecified atom stereocenters. The molecule has 7 heteroatoms. The van der Waals surface area contributed by atoms with Crippen LogP contribution in [0.3, 0.4) is 0 Å². The second-order valence-corrected chi connectivity index (χ2v) is 5.58. The molecule has 130 valence electrons. The topological polar surface area (TPSA) is 90.5 Å². The average molecular weight is 350 g/mol. The average Bonchev–Trinajstić information content (AvgIpc) is 3.12. The van der Waals surface area contributed by atoms with Crippen LogP contribution in [0.15, 0.2) is 53.3 Å². The van der Waals surface area contributed by atoms with Gasteiger partial charge in [0.25, 0.3) is 5.56 Å². The molecule has 2 heterocycles. The lowest BCUT2D eigenvalue weighted by molar-refractivity contribution is -0.139. The fourth-order valence-electron chi connectivity index (χ4n) is 2.57. The molecule has 1 aliphatic rings. The van der Waals surface area contributed by atoms with Crippen LogP contribution in [0.4, 0.5) is 0 Å². The minimum absolute atomic E-state index is 0.121. The number of hydrogen-bond donors (Lipinski definition) is 1. The molecule has 3 aromatic rings. The van der Waals surface area contributed by atoms with Crippen molar-refractivity contribution in [2.75, 3.05) is 6.79 Å². The van der Waals surface area contributed by atoms with Crippen molar-refractivity contribution in [3.63, 3.8) is 0 Å². The Labute approximate surface area is 147 Å². The number of carbonyl (C=O) groups excluding carboxylic acids is 1. The van der Waals surface area contributed by atoms with Crippen molar-refractivity contribution in [1.82, 2.24) is 9.97 Å². The van der Waals surface area contributed by atoms with Crippen LogP contribution in [0.1, 0.15) is 11.4 Å². The van der Waals surface area contributed by atoms with Gasteiger partial charge < -0.3 is 19.2 Å². The van der Waals surface area contributed by atoms with Crippen molar-refractivity contribution in [1.29, 1.82) is 0 Å². The van der Waals surface area contributed by atoms with E-state index in [-0.39, 0.29) is 19.0 Å². The Bertz CT molecular complexity index is 1070. The Morgan fingerprint density at radius 2 is 2.04 bits per heavy atom. The lowest BCUT2D eigenvalue weighted by Gasteiger charge is -2.03. The number of ether oxygens (including phenoxy) is 3. The van der Waals surface area contributed by atoms with Gasteiger partial charge >= 0.3 is 5.97 Å². The van der Waals surface area contributed by atoms with Gasteiger partial charge in [0, 0.05) is 6.08 Å². The van der Waals surface area contributed by atoms with Gasteiger partial charge in [-0.3, -0.25) is 4.79 Å². The molecule has 1 aliphatic heterocycles. The summed E-state index contributed by atoms with van der Waals surface area (Å²) in [5.74, 6) is 1.06. The molecule has 2 aromatic carbocycles. The summed E-state index contributed by atoms with van der Waals surface area (Å²) in [4.78, 5) is 30.8. The van der Waals surface area contributed by atoms with E-state index in [1.807, 2.05) is 0 Å². The second-order valence-electron chi connectivity index (χ2n) is 5.58. The van der Waals surface area contributed by atoms with Crippen molar-refractivity contribution >= 4 is 22.9 Å². The lowest BCUT2D eigenvalue weighted by Crippen LogP contribution is -2.13. The van der Waals surface area contributed by atoms with E-state index in [0.717, 1.165) is 5.56 Å². The highest BCUT2D eigenvalue weighted by Crippen LogP contribution is 2.32.